The highest BCUT2D eigenvalue weighted by Gasteiger charge is 2.06. The second-order valence-electron chi connectivity index (χ2n) is 3.33. The van der Waals surface area contributed by atoms with Crippen LogP contribution in [0.25, 0.3) is 0 Å². The highest BCUT2D eigenvalue weighted by Crippen LogP contribution is 2.16. The number of ether oxygens (including phenoxy) is 1. The van der Waals surface area contributed by atoms with Crippen molar-refractivity contribution in [3.8, 4) is 11.8 Å². The van der Waals surface area contributed by atoms with Gasteiger partial charge >= 0.3 is 0 Å². The number of aryl methyl sites for hydroxylation is 1. The lowest BCUT2D eigenvalue weighted by molar-refractivity contribution is 0.202. The maximum absolute atomic E-state index is 8.57. The first-order valence-corrected chi connectivity index (χ1v) is 4.86. The molecule has 0 bridgehead atoms. The first kappa shape index (κ1) is 10.6. The Kier molecular flexibility index (Phi) is 4.00. The van der Waals surface area contributed by atoms with Crippen LogP contribution in [0.4, 0.5) is 0 Å². The smallest absolute Gasteiger partial charge is 0.120 e. The van der Waals surface area contributed by atoms with E-state index in [1.165, 1.54) is 5.56 Å². The van der Waals surface area contributed by atoms with Gasteiger partial charge in [0.05, 0.1) is 12.5 Å². The highest BCUT2D eigenvalue weighted by atomic mass is 16.5. The van der Waals surface area contributed by atoms with Crippen LogP contribution in [-0.4, -0.2) is 6.10 Å². The van der Waals surface area contributed by atoms with Gasteiger partial charge in [0.1, 0.15) is 11.9 Å². The summed E-state index contributed by atoms with van der Waals surface area (Å²) in [4.78, 5) is 0. The topological polar surface area (TPSA) is 33.0 Å². The van der Waals surface area contributed by atoms with Gasteiger partial charge in [0.15, 0.2) is 0 Å². The summed E-state index contributed by atoms with van der Waals surface area (Å²) in [5, 5.41) is 8.57. The molecule has 1 unspecified atom stereocenters. The zero-order valence-electron chi connectivity index (χ0n) is 8.66. The van der Waals surface area contributed by atoms with Gasteiger partial charge in [-0.05, 0) is 31.0 Å². The van der Waals surface area contributed by atoms with Gasteiger partial charge in [-0.1, -0.05) is 19.1 Å². The number of hydrogen-bond donors (Lipinski definition) is 0. The van der Waals surface area contributed by atoms with Crippen LogP contribution in [0.1, 0.15) is 25.3 Å². The lowest BCUT2D eigenvalue weighted by Crippen LogP contribution is -2.14. The van der Waals surface area contributed by atoms with Crippen LogP contribution in [-0.2, 0) is 0 Å². The minimum Gasteiger partial charge on any atom is -0.489 e. The van der Waals surface area contributed by atoms with Crippen molar-refractivity contribution >= 4 is 0 Å². The minimum absolute atomic E-state index is 0.0156. The van der Waals surface area contributed by atoms with Crippen molar-refractivity contribution in [2.24, 2.45) is 0 Å². The van der Waals surface area contributed by atoms with E-state index in [-0.39, 0.29) is 6.10 Å². The molecule has 74 valence electrons. The third-order valence-corrected chi connectivity index (χ3v) is 2.07. The number of nitrogens with zero attached hydrogens (tertiary/aromatic N) is 1. The molecule has 0 saturated heterocycles. The zero-order chi connectivity index (χ0) is 10.4. The molecule has 2 heteroatoms. The molecule has 0 aliphatic heterocycles. The summed E-state index contributed by atoms with van der Waals surface area (Å²) >= 11 is 0. The van der Waals surface area contributed by atoms with E-state index in [1.54, 1.807) is 0 Å². The van der Waals surface area contributed by atoms with E-state index in [0.29, 0.717) is 6.42 Å². The molecular weight excluding hydrogens is 174 g/mol. The van der Waals surface area contributed by atoms with E-state index in [4.69, 9.17) is 10.00 Å². The molecule has 2 nitrogen and oxygen atoms in total. The Hall–Kier alpha value is -1.49. The molecule has 0 amide bonds. The largest absolute Gasteiger partial charge is 0.489 e. The van der Waals surface area contributed by atoms with E-state index in [2.05, 4.69) is 6.07 Å². The van der Waals surface area contributed by atoms with Crippen LogP contribution in [0.3, 0.4) is 0 Å². The molecule has 0 radical (unpaired) electrons. The zero-order valence-corrected chi connectivity index (χ0v) is 8.66. The molecule has 0 spiro atoms. The summed E-state index contributed by atoms with van der Waals surface area (Å²) in [5.74, 6) is 0.854. The molecule has 0 aliphatic carbocycles. The second kappa shape index (κ2) is 5.29. The van der Waals surface area contributed by atoms with Gasteiger partial charge in [-0.25, -0.2) is 0 Å². The Balaban J connectivity index is 2.63. The van der Waals surface area contributed by atoms with Gasteiger partial charge in [-0.3, -0.25) is 0 Å². The normalized spacial score (nSPS) is 11.8. The average molecular weight is 189 g/mol. The summed E-state index contributed by atoms with van der Waals surface area (Å²) in [6, 6.07) is 10.0. The van der Waals surface area contributed by atoms with E-state index >= 15 is 0 Å². The van der Waals surface area contributed by atoms with Crippen LogP contribution in [0.5, 0.6) is 5.75 Å². The molecule has 0 fully saturated rings. The molecule has 0 saturated carbocycles. The number of hydrogen-bond acceptors (Lipinski definition) is 2. The number of benzene rings is 1. The lowest BCUT2D eigenvalue weighted by atomic mass is 10.2. The van der Waals surface area contributed by atoms with E-state index in [9.17, 15) is 0 Å². The SMILES string of the molecule is CCC(CC#N)Oc1cccc(C)c1. The van der Waals surface area contributed by atoms with E-state index in [0.717, 1.165) is 12.2 Å². The van der Waals surface area contributed by atoms with Gasteiger partial charge in [-0.15, -0.1) is 0 Å². The first-order valence-electron chi connectivity index (χ1n) is 4.86. The van der Waals surface area contributed by atoms with Crippen LogP contribution >= 0.6 is 0 Å². The first-order chi connectivity index (χ1) is 6.76. The van der Waals surface area contributed by atoms with Gasteiger partial charge < -0.3 is 4.74 Å². The quantitative estimate of drug-likeness (QED) is 0.729. The Labute approximate surface area is 85.1 Å². The maximum atomic E-state index is 8.57. The Morgan fingerprint density at radius 3 is 2.86 bits per heavy atom. The Bertz CT molecular complexity index is 327. The van der Waals surface area contributed by atoms with E-state index < -0.39 is 0 Å². The van der Waals surface area contributed by atoms with Crippen LogP contribution < -0.4 is 4.74 Å². The van der Waals surface area contributed by atoms with Crippen molar-refractivity contribution in [3.63, 3.8) is 0 Å². The maximum Gasteiger partial charge on any atom is 0.120 e. The average Bonchev–Trinajstić information content (AvgIpc) is 2.17. The Morgan fingerprint density at radius 1 is 1.50 bits per heavy atom. The minimum atomic E-state index is 0.0156. The molecule has 14 heavy (non-hydrogen) atoms. The van der Waals surface area contributed by atoms with Crippen molar-refractivity contribution < 1.29 is 4.74 Å². The molecule has 1 atom stereocenters. The fourth-order valence-corrected chi connectivity index (χ4v) is 1.25. The van der Waals surface area contributed by atoms with E-state index in [1.807, 2.05) is 38.1 Å². The third kappa shape index (κ3) is 3.10. The van der Waals surface area contributed by atoms with Gasteiger partial charge in [-0.2, -0.15) is 5.26 Å². The van der Waals surface area contributed by atoms with Crippen LogP contribution in [0.2, 0.25) is 0 Å². The lowest BCUT2D eigenvalue weighted by Gasteiger charge is -2.14. The predicted molar refractivity (Wildman–Crippen MR) is 56.1 cm³/mol. The number of rotatable bonds is 4. The monoisotopic (exact) mass is 189 g/mol. The molecule has 0 aromatic heterocycles. The third-order valence-electron chi connectivity index (χ3n) is 2.07. The van der Waals surface area contributed by atoms with Crippen molar-refractivity contribution in [1.29, 1.82) is 5.26 Å². The number of nitriles is 1. The summed E-state index contributed by atoms with van der Waals surface area (Å²) < 4.78 is 5.66. The van der Waals surface area contributed by atoms with Gasteiger partial charge in [0.2, 0.25) is 0 Å². The highest BCUT2D eigenvalue weighted by molar-refractivity contribution is 5.27. The van der Waals surface area contributed by atoms with Crippen molar-refractivity contribution in [1.82, 2.24) is 0 Å². The summed E-state index contributed by atoms with van der Waals surface area (Å²) in [7, 11) is 0. The summed E-state index contributed by atoms with van der Waals surface area (Å²) in [5.41, 5.74) is 1.18. The molecule has 1 aromatic carbocycles. The Morgan fingerprint density at radius 2 is 2.29 bits per heavy atom. The van der Waals surface area contributed by atoms with Gasteiger partial charge in [0, 0.05) is 0 Å². The molecule has 1 aromatic rings. The molecule has 0 heterocycles. The molecule has 1 rings (SSSR count). The second-order valence-corrected chi connectivity index (χ2v) is 3.33. The molecule has 0 aliphatic rings. The van der Waals surface area contributed by atoms with Crippen LogP contribution in [0, 0.1) is 18.3 Å². The van der Waals surface area contributed by atoms with Crippen molar-refractivity contribution in [3.05, 3.63) is 29.8 Å². The standard InChI is InChI=1S/C12H15NO/c1-3-11(7-8-13)14-12-6-4-5-10(2)9-12/h4-6,9,11H,3,7H2,1-2H3. The van der Waals surface area contributed by atoms with Crippen LogP contribution in [0.15, 0.2) is 24.3 Å². The fraction of sp³-hybridized carbons (Fsp3) is 0.417. The van der Waals surface area contributed by atoms with Crippen molar-refractivity contribution in [2.45, 2.75) is 32.8 Å². The molecular formula is C12H15NO. The fourth-order valence-electron chi connectivity index (χ4n) is 1.25. The predicted octanol–water partition coefficient (Wildman–Crippen LogP) is 3.07. The summed E-state index contributed by atoms with van der Waals surface area (Å²) in [6.45, 7) is 4.05. The molecule has 0 N–H and O–H groups in total. The summed E-state index contributed by atoms with van der Waals surface area (Å²) in [6.07, 6.45) is 1.33. The van der Waals surface area contributed by atoms with Gasteiger partial charge in [0.25, 0.3) is 0 Å². The van der Waals surface area contributed by atoms with Crippen molar-refractivity contribution in [2.75, 3.05) is 0 Å².